The summed E-state index contributed by atoms with van der Waals surface area (Å²) >= 11 is 0. The third-order valence-electron chi connectivity index (χ3n) is 6.52. The number of aliphatic hydroxyl groups excluding tert-OH is 1. The first-order valence-electron chi connectivity index (χ1n) is 12.0. The van der Waals surface area contributed by atoms with Crippen LogP contribution in [0.25, 0.3) is 28.0 Å². The summed E-state index contributed by atoms with van der Waals surface area (Å²) < 4.78 is 22.0. The van der Waals surface area contributed by atoms with E-state index in [1.54, 1.807) is 62.4 Å². The molecule has 0 aliphatic heterocycles. The fraction of sp³-hybridized carbons (Fsp3) is 0.267. The zero-order valence-corrected chi connectivity index (χ0v) is 21.7. The van der Waals surface area contributed by atoms with E-state index in [1.807, 2.05) is 0 Å². The van der Waals surface area contributed by atoms with Crippen molar-refractivity contribution < 1.29 is 28.5 Å². The zero-order valence-electron chi connectivity index (χ0n) is 21.7. The van der Waals surface area contributed by atoms with E-state index in [0.29, 0.717) is 44.6 Å². The minimum Gasteiger partial charge on any atom is -0.496 e. The molecule has 2 N–H and O–H groups in total. The van der Waals surface area contributed by atoms with Gasteiger partial charge >= 0.3 is 11.3 Å². The Morgan fingerprint density at radius 3 is 2.05 bits per heavy atom. The lowest BCUT2D eigenvalue weighted by molar-refractivity contribution is 0.0676. The number of hydrogen-bond donors (Lipinski definition) is 2. The van der Waals surface area contributed by atoms with Gasteiger partial charge in [-0.15, -0.1) is 0 Å². The Kier molecular flexibility index (Phi) is 7.57. The Balaban J connectivity index is 1.83. The second kappa shape index (κ2) is 10.7. The fourth-order valence-electron chi connectivity index (χ4n) is 4.63. The van der Waals surface area contributed by atoms with Crippen molar-refractivity contribution in [2.24, 2.45) is 0 Å². The van der Waals surface area contributed by atoms with Gasteiger partial charge in [0.15, 0.2) is 0 Å². The van der Waals surface area contributed by atoms with Crippen molar-refractivity contribution in [2.75, 3.05) is 14.2 Å². The third kappa shape index (κ3) is 5.41. The quantitative estimate of drug-likeness (QED) is 0.240. The van der Waals surface area contributed by atoms with E-state index < -0.39 is 28.9 Å². The summed E-state index contributed by atoms with van der Waals surface area (Å²) in [5.41, 5.74) is -0.586. The van der Waals surface area contributed by atoms with Crippen molar-refractivity contribution in [1.29, 1.82) is 0 Å². The van der Waals surface area contributed by atoms with Gasteiger partial charge in [0.05, 0.1) is 31.5 Å². The lowest BCUT2D eigenvalue weighted by atomic mass is 9.80. The average Bonchev–Trinajstić information content (AvgIpc) is 2.89. The molecule has 1 unspecified atom stereocenters. The molecular weight excluding hydrogens is 488 g/mol. The monoisotopic (exact) mass is 518 g/mol. The van der Waals surface area contributed by atoms with Gasteiger partial charge in [0.1, 0.15) is 22.7 Å². The number of ether oxygens (including phenoxy) is 2. The highest BCUT2D eigenvalue weighted by atomic mass is 16.5. The van der Waals surface area contributed by atoms with Crippen LogP contribution >= 0.6 is 0 Å². The number of hydrogen-bond acceptors (Lipinski definition) is 8. The highest BCUT2D eigenvalue weighted by Gasteiger charge is 2.34. The maximum Gasteiger partial charge on any atom is 0.336 e. The molecule has 4 aromatic rings. The highest BCUT2D eigenvalue weighted by Crippen LogP contribution is 2.41. The van der Waals surface area contributed by atoms with Crippen LogP contribution in [0, 0.1) is 0 Å². The average molecular weight is 519 g/mol. The fourth-order valence-corrected chi connectivity index (χ4v) is 4.63. The summed E-state index contributed by atoms with van der Waals surface area (Å²) in [6, 6.07) is 12.9. The molecule has 2 aromatic carbocycles. The van der Waals surface area contributed by atoms with E-state index in [-0.39, 0.29) is 12.0 Å². The topological polar surface area (TPSA) is 119 Å². The van der Waals surface area contributed by atoms with Crippen LogP contribution in [0.3, 0.4) is 0 Å². The molecule has 0 aliphatic rings. The smallest absolute Gasteiger partial charge is 0.336 e. The second-order valence-electron chi connectivity index (χ2n) is 9.50. The SMILES string of the molecule is C=C(C)[C@H](O)[C@H](CC(C)(O)/C=C/c1c(OC)ccc2ccc(=O)oc12)c1c(OC)ccc2ccc(=O)oc12. The van der Waals surface area contributed by atoms with E-state index in [1.165, 1.54) is 26.4 Å². The van der Waals surface area contributed by atoms with Gasteiger partial charge < -0.3 is 28.5 Å². The van der Waals surface area contributed by atoms with Crippen molar-refractivity contribution in [3.05, 3.63) is 98.7 Å². The van der Waals surface area contributed by atoms with Gasteiger partial charge in [0.25, 0.3) is 0 Å². The predicted molar refractivity (Wildman–Crippen MR) is 146 cm³/mol. The molecule has 198 valence electrons. The van der Waals surface area contributed by atoms with Gasteiger partial charge in [0, 0.05) is 34.4 Å². The molecule has 2 heterocycles. The molecule has 0 bridgehead atoms. The molecule has 0 saturated heterocycles. The molecular formula is C30H30O8. The number of rotatable bonds is 9. The summed E-state index contributed by atoms with van der Waals surface area (Å²) in [4.78, 5) is 24.0. The van der Waals surface area contributed by atoms with E-state index >= 15 is 0 Å². The highest BCUT2D eigenvalue weighted by molar-refractivity contribution is 5.88. The molecule has 0 amide bonds. The van der Waals surface area contributed by atoms with Crippen LogP contribution in [0.5, 0.6) is 11.5 Å². The van der Waals surface area contributed by atoms with Gasteiger partial charge in [-0.05, 0) is 62.7 Å². The standard InChI is InChI=1S/C30H30O8/c1-17(2)27(33)21(26-23(36-5)11-7-19-9-13-25(32)38-29(19)26)16-30(3,34)15-14-20-22(35-4)10-6-18-8-12-24(31)37-28(18)20/h6-15,21,27,33-34H,1,16H2,2-5H3/b15-14+/t21-,27+,30?/m1/s1. The lowest BCUT2D eigenvalue weighted by Gasteiger charge is -2.31. The van der Waals surface area contributed by atoms with Crippen molar-refractivity contribution in [2.45, 2.75) is 37.9 Å². The maximum absolute atomic E-state index is 12.1. The molecule has 0 spiro atoms. The number of aliphatic hydroxyl groups is 2. The summed E-state index contributed by atoms with van der Waals surface area (Å²) in [5, 5.41) is 24.1. The van der Waals surface area contributed by atoms with Gasteiger partial charge in [0.2, 0.25) is 0 Å². The van der Waals surface area contributed by atoms with Crippen molar-refractivity contribution in [1.82, 2.24) is 0 Å². The normalized spacial score (nSPS) is 14.9. The summed E-state index contributed by atoms with van der Waals surface area (Å²) in [7, 11) is 2.98. The molecule has 38 heavy (non-hydrogen) atoms. The lowest BCUT2D eigenvalue weighted by Crippen LogP contribution is -2.31. The van der Waals surface area contributed by atoms with Crippen LogP contribution in [0.1, 0.15) is 37.3 Å². The number of fused-ring (bicyclic) bond motifs is 2. The van der Waals surface area contributed by atoms with E-state index in [4.69, 9.17) is 18.3 Å². The molecule has 0 saturated carbocycles. The third-order valence-corrected chi connectivity index (χ3v) is 6.52. The summed E-state index contributed by atoms with van der Waals surface area (Å²) in [6.07, 6.45) is 2.07. The van der Waals surface area contributed by atoms with Crippen molar-refractivity contribution in [3.63, 3.8) is 0 Å². The Labute approximate surface area is 219 Å². The Morgan fingerprint density at radius 2 is 1.47 bits per heavy atom. The molecule has 0 aliphatic carbocycles. The Bertz CT molecular complexity index is 1640. The Morgan fingerprint density at radius 1 is 0.947 bits per heavy atom. The first-order chi connectivity index (χ1) is 18.0. The number of methoxy groups -OCH3 is 2. The van der Waals surface area contributed by atoms with Crippen LogP contribution in [-0.4, -0.2) is 36.1 Å². The minimum atomic E-state index is -1.49. The van der Waals surface area contributed by atoms with Crippen LogP contribution in [-0.2, 0) is 0 Å². The van der Waals surface area contributed by atoms with E-state index in [2.05, 4.69) is 6.58 Å². The minimum absolute atomic E-state index is 0.00261. The first kappa shape index (κ1) is 26.9. The second-order valence-corrected chi connectivity index (χ2v) is 9.50. The zero-order chi connectivity index (χ0) is 27.6. The van der Waals surface area contributed by atoms with E-state index in [9.17, 15) is 19.8 Å². The largest absolute Gasteiger partial charge is 0.496 e. The first-order valence-corrected chi connectivity index (χ1v) is 12.0. The van der Waals surface area contributed by atoms with E-state index in [0.717, 1.165) is 0 Å². The Hall–Kier alpha value is -4.14. The maximum atomic E-state index is 12.1. The van der Waals surface area contributed by atoms with Gasteiger partial charge in [-0.25, -0.2) is 9.59 Å². The molecule has 3 atom stereocenters. The molecule has 4 rings (SSSR count). The van der Waals surface area contributed by atoms with Gasteiger partial charge in [-0.1, -0.05) is 18.2 Å². The van der Waals surface area contributed by atoms with Gasteiger partial charge in [-0.2, -0.15) is 0 Å². The molecule has 2 aromatic heterocycles. The summed E-state index contributed by atoms with van der Waals surface area (Å²) in [5.74, 6) is 0.0908. The van der Waals surface area contributed by atoms with Crippen LogP contribution in [0.4, 0.5) is 0 Å². The molecule has 0 radical (unpaired) electrons. The molecule has 0 fully saturated rings. The van der Waals surface area contributed by atoms with Gasteiger partial charge in [-0.3, -0.25) is 0 Å². The van der Waals surface area contributed by atoms with Crippen LogP contribution < -0.4 is 20.7 Å². The molecule has 8 nitrogen and oxygen atoms in total. The number of benzene rings is 2. The predicted octanol–water partition coefficient (Wildman–Crippen LogP) is 4.79. The van der Waals surface area contributed by atoms with Crippen LogP contribution in [0.15, 0.2) is 85.2 Å². The summed E-state index contributed by atoms with van der Waals surface area (Å²) in [6.45, 7) is 7.17. The van der Waals surface area contributed by atoms with Crippen molar-refractivity contribution in [3.8, 4) is 11.5 Å². The van der Waals surface area contributed by atoms with Crippen molar-refractivity contribution >= 4 is 28.0 Å². The van der Waals surface area contributed by atoms with Crippen LogP contribution in [0.2, 0.25) is 0 Å². The molecule has 8 heteroatoms.